The number of nitriles is 1. The Bertz CT molecular complexity index is 995. The number of thioether (sulfide) groups is 1. The van der Waals surface area contributed by atoms with Gasteiger partial charge >= 0.3 is 5.97 Å². The summed E-state index contributed by atoms with van der Waals surface area (Å²) >= 11 is 7.22. The van der Waals surface area contributed by atoms with Crippen LogP contribution in [0.25, 0.3) is 11.4 Å². The minimum atomic E-state index is -0.340. The zero-order valence-electron chi connectivity index (χ0n) is 15.1. The van der Waals surface area contributed by atoms with Crippen LogP contribution in [0.1, 0.15) is 18.1 Å². The molecule has 0 saturated heterocycles. The molecule has 0 aliphatic heterocycles. The third-order valence-corrected chi connectivity index (χ3v) is 5.13. The normalized spacial score (nSPS) is 10.5. The van der Waals surface area contributed by atoms with E-state index in [0.29, 0.717) is 22.3 Å². The van der Waals surface area contributed by atoms with Crippen LogP contribution < -0.4 is 0 Å². The van der Waals surface area contributed by atoms with Crippen molar-refractivity contribution in [3.8, 4) is 17.5 Å². The van der Waals surface area contributed by atoms with Crippen molar-refractivity contribution < 1.29 is 9.53 Å². The first kappa shape index (κ1) is 19.9. The largest absolute Gasteiger partial charge is 0.460 e. The van der Waals surface area contributed by atoms with Crippen LogP contribution >= 0.6 is 23.4 Å². The molecule has 28 heavy (non-hydrogen) atoms. The summed E-state index contributed by atoms with van der Waals surface area (Å²) in [5, 5.41) is 18.6. The number of nitrogens with zero attached hydrogens (tertiary/aromatic N) is 4. The Labute approximate surface area is 172 Å². The molecule has 0 spiro atoms. The molecule has 0 atom stereocenters. The van der Waals surface area contributed by atoms with E-state index >= 15 is 0 Å². The number of carbonyl (C=O) groups is 1. The summed E-state index contributed by atoms with van der Waals surface area (Å²) in [5.41, 5.74) is 2.31. The molecule has 0 aliphatic rings. The van der Waals surface area contributed by atoms with E-state index < -0.39 is 0 Å². The molecule has 1 aromatic heterocycles. The number of esters is 1. The molecule has 6 nitrogen and oxygen atoms in total. The minimum absolute atomic E-state index is 0.134. The Kier molecular flexibility index (Phi) is 6.69. The summed E-state index contributed by atoms with van der Waals surface area (Å²) in [6.07, 6.45) is 0. The van der Waals surface area contributed by atoms with Gasteiger partial charge in [-0.3, -0.25) is 4.79 Å². The molecule has 0 amide bonds. The quantitative estimate of drug-likeness (QED) is 0.424. The smallest absolute Gasteiger partial charge is 0.316 e. The highest BCUT2D eigenvalue weighted by molar-refractivity contribution is 7.99. The van der Waals surface area contributed by atoms with Crippen molar-refractivity contribution in [2.75, 3.05) is 5.75 Å². The third-order valence-electron chi connectivity index (χ3n) is 3.94. The van der Waals surface area contributed by atoms with Crippen molar-refractivity contribution in [3.63, 3.8) is 0 Å². The fraction of sp³-hybridized carbons (Fsp3) is 0.200. The monoisotopic (exact) mass is 412 g/mol. The van der Waals surface area contributed by atoms with Gasteiger partial charge < -0.3 is 9.30 Å². The average Bonchev–Trinajstić information content (AvgIpc) is 3.14. The van der Waals surface area contributed by atoms with E-state index in [1.54, 1.807) is 36.4 Å². The summed E-state index contributed by atoms with van der Waals surface area (Å²) in [4.78, 5) is 12.1. The number of rotatable bonds is 7. The fourth-order valence-corrected chi connectivity index (χ4v) is 3.42. The molecule has 0 aliphatic carbocycles. The first-order valence-electron chi connectivity index (χ1n) is 8.57. The molecule has 0 radical (unpaired) electrons. The van der Waals surface area contributed by atoms with Gasteiger partial charge in [-0.25, -0.2) is 0 Å². The van der Waals surface area contributed by atoms with Crippen LogP contribution in [0.15, 0.2) is 53.7 Å². The number of hydrogen-bond acceptors (Lipinski definition) is 6. The van der Waals surface area contributed by atoms with Gasteiger partial charge in [0, 0.05) is 17.1 Å². The van der Waals surface area contributed by atoms with Crippen LogP contribution in [0, 0.1) is 11.3 Å². The highest BCUT2D eigenvalue weighted by atomic mass is 35.5. The van der Waals surface area contributed by atoms with Crippen LogP contribution in [0.4, 0.5) is 0 Å². The van der Waals surface area contributed by atoms with Gasteiger partial charge in [-0.05, 0) is 48.9 Å². The molecule has 0 fully saturated rings. The lowest BCUT2D eigenvalue weighted by atomic mass is 10.2. The molecule has 3 rings (SSSR count). The van der Waals surface area contributed by atoms with Crippen LogP contribution in [0.2, 0.25) is 5.02 Å². The van der Waals surface area contributed by atoms with Gasteiger partial charge in [-0.1, -0.05) is 35.5 Å². The minimum Gasteiger partial charge on any atom is -0.460 e. The molecular weight excluding hydrogens is 396 g/mol. The second-order valence-corrected chi connectivity index (χ2v) is 7.19. The zero-order chi connectivity index (χ0) is 19.9. The van der Waals surface area contributed by atoms with Crippen molar-refractivity contribution in [1.29, 1.82) is 5.26 Å². The van der Waals surface area contributed by atoms with Crippen LogP contribution in [0.3, 0.4) is 0 Å². The van der Waals surface area contributed by atoms with E-state index in [1.165, 1.54) is 11.8 Å². The highest BCUT2D eigenvalue weighted by Gasteiger charge is 2.15. The van der Waals surface area contributed by atoms with Gasteiger partial charge in [0.25, 0.3) is 0 Å². The second kappa shape index (κ2) is 9.40. The lowest BCUT2D eigenvalue weighted by Crippen LogP contribution is -2.08. The van der Waals surface area contributed by atoms with E-state index in [4.69, 9.17) is 21.6 Å². The number of ether oxygens (including phenoxy) is 1. The van der Waals surface area contributed by atoms with E-state index in [0.717, 1.165) is 17.0 Å². The molecule has 0 bridgehead atoms. The van der Waals surface area contributed by atoms with Crippen LogP contribution in [-0.4, -0.2) is 26.5 Å². The second-order valence-electron chi connectivity index (χ2n) is 5.82. The van der Waals surface area contributed by atoms with E-state index in [9.17, 15) is 4.79 Å². The van der Waals surface area contributed by atoms with E-state index in [2.05, 4.69) is 16.3 Å². The standard InChI is InChI=1S/C20H17ClN4O2S/c1-2-25-19(16-7-9-17(21)10-8-16)23-24-20(25)28-13-18(26)27-12-15-5-3-14(11-22)4-6-15/h3-10H,2,12-13H2,1H3. The molecule has 0 unspecified atom stereocenters. The van der Waals surface area contributed by atoms with Crippen molar-refractivity contribution in [2.24, 2.45) is 0 Å². The number of carbonyl (C=O) groups excluding carboxylic acids is 1. The van der Waals surface area contributed by atoms with Gasteiger partial charge in [-0.2, -0.15) is 5.26 Å². The molecule has 2 aromatic carbocycles. The summed E-state index contributed by atoms with van der Waals surface area (Å²) in [7, 11) is 0. The number of benzene rings is 2. The Morgan fingerprint density at radius 2 is 1.89 bits per heavy atom. The maximum Gasteiger partial charge on any atom is 0.316 e. The maximum atomic E-state index is 12.1. The molecule has 0 saturated carbocycles. The Morgan fingerprint density at radius 3 is 2.54 bits per heavy atom. The third kappa shape index (κ3) is 4.91. The predicted molar refractivity (Wildman–Crippen MR) is 108 cm³/mol. The summed E-state index contributed by atoms with van der Waals surface area (Å²) in [6, 6.07) is 16.4. The highest BCUT2D eigenvalue weighted by Crippen LogP contribution is 2.25. The number of aromatic nitrogens is 3. The molecular formula is C20H17ClN4O2S. The van der Waals surface area contributed by atoms with Gasteiger partial charge in [-0.15, -0.1) is 10.2 Å². The van der Waals surface area contributed by atoms with Gasteiger partial charge in [0.1, 0.15) is 6.61 Å². The predicted octanol–water partition coefficient (Wildman–Crippen LogP) is 4.33. The van der Waals surface area contributed by atoms with Crippen LogP contribution in [-0.2, 0) is 22.7 Å². The van der Waals surface area contributed by atoms with Gasteiger partial charge in [0.05, 0.1) is 17.4 Å². The number of hydrogen-bond donors (Lipinski definition) is 0. The summed E-state index contributed by atoms with van der Waals surface area (Å²) in [5.74, 6) is 0.523. The van der Waals surface area contributed by atoms with Crippen molar-refractivity contribution in [1.82, 2.24) is 14.8 Å². The van der Waals surface area contributed by atoms with Crippen molar-refractivity contribution in [2.45, 2.75) is 25.2 Å². The van der Waals surface area contributed by atoms with Crippen LogP contribution in [0.5, 0.6) is 0 Å². The average molecular weight is 413 g/mol. The fourth-order valence-electron chi connectivity index (χ4n) is 2.50. The maximum absolute atomic E-state index is 12.1. The first-order valence-corrected chi connectivity index (χ1v) is 9.93. The van der Waals surface area contributed by atoms with Gasteiger partial charge in [0.15, 0.2) is 11.0 Å². The molecule has 0 N–H and O–H groups in total. The zero-order valence-corrected chi connectivity index (χ0v) is 16.7. The molecule has 1 heterocycles. The summed E-state index contributed by atoms with van der Waals surface area (Å²) < 4.78 is 7.23. The molecule has 142 valence electrons. The Hall–Kier alpha value is -2.82. The van der Waals surface area contributed by atoms with E-state index in [1.807, 2.05) is 23.6 Å². The number of halogens is 1. The van der Waals surface area contributed by atoms with E-state index in [-0.39, 0.29) is 18.3 Å². The van der Waals surface area contributed by atoms with Crippen molar-refractivity contribution >= 4 is 29.3 Å². The molecule has 3 aromatic rings. The SMILES string of the molecule is CCn1c(SCC(=O)OCc2ccc(C#N)cc2)nnc1-c1ccc(Cl)cc1. The Balaban J connectivity index is 1.58. The van der Waals surface area contributed by atoms with Gasteiger partial charge in [0.2, 0.25) is 0 Å². The lowest BCUT2D eigenvalue weighted by molar-refractivity contribution is -0.141. The lowest BCUT2D eigenvalue weighted by Gasteiger charge is -2.08. The topological polar surface area (TPSA) is 80.8 Å². The Morgan fingerprint density at radius 1 is 1.18 bits per heavy atom. The van der Waals surface area contributed by atoms with Crippen molar-refractivity contribution in [3.05, 3.63) is 64.7 Å². The molecule has 8 heteroatoms. The first-order chi connectivity index (χ1) is 13.6. The summed E-state index contributed by atoms with van der Waals surface area (Å²) in [6.45, 7) is 2.84.